The number of nitrogens with one attached hydrogen (secondary N) is 1. The maximum absolute atomic E-state index is 12.5. The number of carbonyl (C=O) groups excluding carboxylic acids is 2. The summed E-state index contributed by atoms with van der Waals surface area (Å²) in [6.07, 6.45) is 10.0. The molecule has 0 spiro atoms. The van der Waals surface area contributed by atoms with Crippen LogP contribution in [0.3, 0.4) is 0 Å². The Bertz CT molecular complexity index is 634. The molecule has 0 fully saturated rings. The minimum absolute atomic E-state index is 0.181. The fourth-order valence-electron chi connectivity index (χ4n) is 2.84. The van der Waals surface area contributed by atoms with Gasteiger partial charge in [0.15, 0.2) is 5.78 Å². The maximum Gasteiger partial charge on any atom is 0.394 e. The predicted octanol–water partition coefficient (Wildman–Crippen LogP) is 2.09. The molecule has 3 N–H and O–H groups in total. The predicted molar refractivity (Wildman–Crippen MR) is 95.4 cm³/mol. The number of carbonyl (C=O) groups is 4. The van der Waals surface area contributed by atoms with Crippen molar-refractivity contribution in [2.45, 2.75) is 45.1 Å². The first-order chi connectivity index (χ1) is 12.3. The molecule has 0 saturated carbocycles. The van der Waals surface area contributed by atoms with E-state index in [1.54, 1.807) is 12.2 Å². The lowest BCUT2D eigenvalue weighted by Gasteiger charge is -2.20. The molecule has 7 nitrogen and oxygen atoms in total. The molecular weight excluding hydrogens is 338 g/mol. The smallest absolute Gasteiger partial charge is 0.394 e. The van der Waals surface area contributed by atoms with Crippen LogP contribution in [0.4, 0.5) is 0 Å². The molecule has 0 bridgehead atoms. The monoisotopic (exact) mass is 363 g/mol. The number of carboxylic acid groups (broad SMARTS) is 2. The van der Waals surface area contributed by atoms with Crippen molar-refractivity contribution in [3.63, 3.8) is 0 Å². The first-order valence-electron chi connectivity index (χ1n) is 8.55. The highest BCUT2D eigenvalue weighted by Gasteiger charge is 2.29. The van der Waals surface area contributed by atoms with Crippen molar-refractivity contribution in [2.24, 2.45) is 11.8 Å². The number of hydrogen-bond acceptors (Lipinski definition) is 4. The fourth-order valence-corrected chi connectivity index (χ4v) is 2.84. The topological polar surface area (TPSA) is 121 Å². The third-order valence-electron chi connectivity index (χ3n) is 4.30. The summed E-state index contributed by atoms with van der Waals surface area (Å²) < 4.78 is 0. The zero-order chi connectivity index (χ0) is 19.7. The van der Waals surface area contributed by atoms with Crippen LogP contribution < -0.4 is 5.32 Å². The van der Waals surface area contributed by atoms with E-state index >= 15 is 0 Å². The van der Waals surface area contributed by atoms with Crippen LogP contribution in [-0.4, -0.2) is 39.9 Å². The lowest BCUT2D eigenvalue weighted by atomic mass is 9.85. The van der Waals surface area contributed by atoms with Crippen LogP contribution in [0.1, 0.15) is 39.0 Å². The number of ketones is 1. The van der Waals surface area contributed by atoms with Gasteiger partial charge in [-0.1, -0.05) is 44.1 Å². The molecule has 0 aromatic carbocycles. The van der Waals surface area contributed by atoms with Crippen LogP contribution in [0.5, 0.6) is 0 Å². The van der Waals surface area contributed by atoms with E-state index in [1.165, 1.54) is 6.08 Å². The van der Waals surface area contributed by atoms with Crippen LogP contribution in [0.15, 0.2) is 36.5 Å². The van der Waals surface area contributed by atoms with Gasteiger partial charge in [-0.3, -0.25) is 9.59 Å². The summed E-state index contributed by atoms with van der Waals surface area (Å²) in [5.41, 5.74) is 0.273. The Morgan fingerprint density at radius 1 is 1.35 bits per heavy atom. The van der Waals surface area contributed by atoms with E-state index < -0.39 is 23.9 Å². The Kier molecular flexibility index (Phi) is 8.48. The van der Waals surface area contributed by atoms with Gasteiger partial charge in [-0.2, -0.15) is 0 Å². The second-order valence-corrected chi connectivity index (χ2v) is 6.48. The van der Waals surface area contributed by atoms with Gasteiger partial charge in [0.1, 0.15) is 6.04 Å². The number of aliphatic carboxylic acids is 2. The van der Waals surface area contributed by atoms with Gasteiger partial charge in [-0.05, 0) is 24.3 Å². The van der Waals surface area contributed by atoms with E-state index in [-0.39, 0.29) is 23.7 Å². The Labute approximate surface area is 152 Å². The zero-order valence-electron chi connectivity index (χ0n) is 14.8. The van der Waals surface area contributed by atoms with E-state index in [0.717, 1.165) is 19.3 Å². The molecule has 2 unspecified atom stereocenters. The molecule has 0 radical (unpaired) electrons. The van der Waals surface area contributed by atoms with Crippen molar-refractivity contribution in [3.8, 4) is 0 Å². The largest absolute Gasteiger partial charge is 0.480 e. The molecule has 1 amide bonds. The average Bonchev–Trinajstić information content (AvgIpc) is 2.57. The zero-order valence-corrected chi connectivity index (χ0v) is 14.8. The average molecular weight is 363 g/mol. The lowest BCUT2D eigenvalue weighted by Crippen LogP contribution is -2.44. The van der Waals surface area contributed by atoms with Gasteiger partial charge in [-0.15, -0.1) is 6.58 Å². The van der Waals surface area contributed by atoms with Crippen LogP contribution in [0.25, 0.3) is 0 Å². The van der Waals surface area contributed by atoms with E-state index in [2.05, 4.69) is 13.5 Å². The summed E-state index contributed by atoms with van der Waals surface area (Å²) in [6.45, 7) is 5.83. The molecule has 0 saturated heterocycles. The molecule has 0 aliphatic heterocycles. The third-order valence-corrected chi connectivity index (χ3v) is 4.30. The summed E-state index contributed by atoms with van der Waals surface area (Å²) >= 11 is 0. The molecule has 1 rings (SSSR count). The maximum atomic E-state index is 12.5. The van der Waals surface area contributed by atoms with E-state index in [0.29, 0.717) is 12.3 Å². The SMILES string of the molecule is C=CCC(C)CCCC1C=CC=C(C[C@H](NC(=O)C(=O)O)C(=O)O)C1=O. The minimum Gasteiger partial charge on any atom is -0.480 e. The Balaban J connectivity index is 2.65. The number of amides is 1. The Hall–Kier alpha value is -2.70. The second kappa shape index (κ2) is 10.3. The quantitative estimate of drug-likeness (QED) is 0.404. The fraction of sp³-hybridized carbons (Fsp3) is 0.474. The second-order valence-electron chi connectivity index (χ2n) is 6.48. The molecule has 1 aliphatic rings. The summed E-state index contributed by atoms with van der Waals surface area (Å²) in [7, 11) is 0. The molecule has 26 heavy (non-hydrogen) atoms. The van der Waals surface area contributed by atoms with Gasteiger partial charge in [0.05, 0.1) is 0 Å². The van der Waals surface area contributed by atoms with Crippen molar-refractivity contribution in [3.05, 3.63) is 36.5 Å². The molecule has 3 atom stereocenters. The number of hydrogen-bond donors (Lipinski definition) is 3. The molecule has 0 aromatic rings. The molecule has 1 aliphatic carbocycles. The molecule has 142 valence electrons. The van der Waals surface area contributed by atoms with Crippen molar-refractivity contribution >= 4 is 23.6 Å². The standard InChI is InChI=1S/C19H25NO6/c1-3-6-12(2)7-4-8-13-9-5-10-14(16(13)21)11-15(18(23)24)20-17(22)19(25)26/h3,5,9-10,12-13,15H,1,4,6-8,11H2,2H3,(H,20,22)(H,23,24)(H,25,26)/t12?,13?,15-/m0/s1. The highest BCUT2D eigenvalue weighted by atomic mass is 16.4. The van der Waals surface area contributed by atoms with Gasteiger partial charge in [-0.25, -0.2) is 9.59 Å². The normalized spacial score (nSPS) is 18.6. The van der Waals surface area contributed by atoms with Crippen LogP contribution in [0.2, 0.25) is 0 Å². The highest BCUT2D eigenvalue weighted by molar-refractivity contribution is 6.32. The number of rotatable bonds is 10. The number of allylic oxidation sites excluding steroid dienone is 4. The molecular formula is C19H25NO6. The summed E-state index contributed by atoms with van der Waals surface area (Å²) in [4.78, 5) is 45.6. The van der Waals surface area contributed by atoms with Gasteiger partial charge in [0.25, 0.3) is 0 Å². The first-order valence-corrected chi connectivity index (χ1v) is 8.55. The summed E-state index contributed by atoms with van der Waals surface area (Å²) in [5, 5.41) is 19.7. The van der Waals surface area contributed by atoms with E-state index in [4.69, 9.17) is 10.2 Å². The Morgan fingerprint density at radius 3 is 2.62 bits per heavy atom. The molecule has 7 heteroatoms. The van der Waals surface area contributed by atoms with Crippen LogP contribution >= 0.6 is 0 Å². The summed E-state index contributed by atoms with van der Waals surface area (Å²) in [5.74, 6) is -4.59. The van der Waals surface area contributed by atoms with Gasteiger partial charge in [0, 0.05) is 12.3 Å². The molecule has 0 heterocycles. The van der Waals surface area contributed by atoms with Crippen molar-refractivity contribution < 1.29 is 29.4 Å². The Morgan fingerprint density at radius 2 is 2.04 bits per heavy atom. The van der Waals surface area contributed by atoms with Crippen molar-refractivity contribution in [1.82, 2.24) is 5.32 Å². The third kappa shape index (κ3) is 6.66. The van der Waals surface area contributed by atoms with Gasteiger partial charge in [0.2, 0.25) is 0 Å². The van der Waals surface area contributed by atoms with Gasteiger partial charge >= 0.3 is 17.8 Å². The van der Waals surface area contributed by atoms with E-state index in [1.807, 2.05) is 11.4 Å². The van der Waals surface area contributed by atoms with Gasteiger partial charge < -0.3 is 15.5 Å². The van der Waals surface area contributed by atoms with Crippen LogP contribution in [0, 0.1) is 11.8 Å². The first kappa shape index (κ1) is 21.3. The van der Waals surface area contributed by atoms with Crippen molar-refractivity contribution in [1.29, 1.82) is 0 Å². The van der Waals surface area contributed by atoms with Crippen LogP contribution in [-0.2, 0) is 19.2 Å². The number of Topliss-reactive ketones (excluding diaryl/α,β-unsaturated/α-hetero) is 1. The van der Waals surface area contributed by atoms with E-state index in [9.17, 15) is 19.2 Å². The highest BCUT2D eigenvalue weighted by Crippen LogP contribution is 2.24. The lowest BCUT2D eigenvalue weighted by molar-refractivity contribution is -0.152. The van der Waals surface area contributed by atoms with Crippen molar-refractivity contribution in [2.75, 3.05) is 0 Å². The minimum atomic E-state index is -1.77. The number of carboxylic acids is 2. The molecule has 0 aromatic heterocycles. The summed E-state index contributed by atoms with van der Waals surface area (Å²) in [6, 6.07) is -1.46.